The molecular formula is C25H21N3O2. The molecule has 0 unspecified atom stereocenters. The van der Waals surface area contributed by atoms with Crippen LogP contribution in [0.4, 0.5) is 5.69 Å². The molecule has 0 saturated heterocycles. The Kier molecular flexibility index (Phi) is 6.11. The Morgan fingerprint density at radius 3 is 1.90 bits per heavy atom. The van der Waals surface area contributed by atoms with Gasteiger partial charge in [0, 0.05) is 30.4 Å². The van der Waals surface area contributed by atoms with Crippen LogP contribution in [0.15, 0.2) is 103 Å². The Morgan fingerprint density at radius 2 is 1.33 bits per heavy atom. The summed E-state index contributed by atoms with van der Waals surface area (Å²) in [5, 5.41) is 2.98. The van der Waals surface area contributed by atoms with E-state index >= 15 is 0 Å². The summed E-state index contributed by atoms with van der Waals surface area (Å²) >= 11 is 0. The minimum Gasteiger partial charge on any atom is -0.424 e. The predicted octanol–water partition coefficient (Wildman–Crippen LogP) is 5.43. The zero-order valence-corrected chi connectivity index (χ0v) is 16.3. The molecule has 1 aromatic heterocycles. The van der Waals surface area contributed by atoms with Crippen LogP contribution in [0, 0.1) is 0 Å². The van der Waals surface area contributed by atoms with E-state index in [9.17, 15) is 4.79 Å². The van der Waals surface area contributed by atoms with Crippen LogP contribution >= 0.6 is 0 Å². The van der Waals surface area contributed by atoms with E-state index in [4.69, 9.17) is 4.74 Å². The molecule has 0 saturated carbocycles. The van der Waals surface area contributed by atoms with Gasteiger partial charge in [-0.3, -0.25) is 4.79 Å². The molecule has 0 aliphatic carbocycles. The summed E-state index contributed by atoms with van der Waals surface area (Å²) in [6, 6.07) is 29.4. The lowest BCUT2D eigenvalue weighted by atomic mass is 9.88. The van der Waals surface area contributed by atoms with Crippen LogP contribution in [0.5, 0.6) is 11.8 Å². The highest BCUT2D eigenvalue weighted by Gasteiger charge is 2.18. The monoisotopic (exact) mass is 395 g/mol. The first-order valence-electron chi connectivity index (χ1n) is 9.72. The van der Waals surface area contributed by atoms with Crippen LogP contribution in [0.1, 0.15) is 23.5 Å². The summed E-state index contributed by atoms with van der Waals surface area (Å²) in [6.45, 7) is 0. The van der Waals surface area contributed by atoms with Crippen LogP contribution in [-0.4, -0.2) is 15.9 Å². The second-order valence-electron chi connectivity index (χ2n) is 6.78. The van der Waals surface area contributed by atoms with Crippen LogP contribution in [0.25, 0.3) is 0 Å². The molecule has 4 rings (SSSR count). The van der Waals surface area contributed by atoms with Crippen molar-refractivity contribution in [2.24, 2.45) is 0 Å². The van der Waals surface area contributed by atoms with Gasteiger partial charge >= 0.3 is 6.01 Å². The van der Waals surface area contributed by atoms with E-state index in [0.717, 1.165) is 11.1 Å². The van der Waals surface area contributed by atoms with E-state index in [1.165, 1.54) is 0 Å². The Balaban J connectivity index is 1.43. The molecule has 1 heterocycles. The number of hydrogen-bond donors (Lipinski definition) is 1. The molecule has 4 aromatic rings. The van der Waals surface area contributed by atoms with Gasteiger partial charge in [0.05, 0.1) is 0 Å². The van der Waals surface area contributed by atoms with E-state index in [1.54, 1.807) is 42.7 Å². The smallest absolute Gasteiger partial charge is 0.321 e. The normalized spacial score (nSPS) is 10.6. The molecule has 0 fully saturated rings. The van der Waals surface area contributed by atoms with Crippen molar-refractivity contribution in [2.45, 2.75) is 12.3 Å². The van der Waals surface area contributed by atoms with Crippen molar-refractivity contribution >= 4 is 11.6 Å². The van der Waals surface area contributed by atoms with E-state index < -0.39 is 0 Å². The van der Waals surface area contributed by atoms with Gasteiger partial charge in [0.1, 0.15) is 5.75 Å². The first kappa shape index (κ1) is 19.3. The fourth-order valence-electron chi connectivity index (χ4n) is 3.25. The number of benzene rings is 3. The SMILES string of the molecule is O=C(CC(c1ccccc1)c1ccccc1)Nc1ccc(Oc2ncccn2)cc1. The Bertz CT molecular complexity index is 1030. The second-order valence-corrected chi connectivity index (χ2v) is 6.78. The summed E-state index contributed by atoms with van der Waals surface area (Å²) < 4.78 is 5.58. The molecule has 5 heteroatoms. The van der Waals surface area contributed by atoms with Crippen molar-refractivity contribution in [1.82, 2.24) is 9.97 Å². The molecule has 0 radical (unpaired) electrons. The minimum atomic E-state index is -0.0484. The molecule has 0 bridgehead atoms. The summed E-state index contributed by atoms with van der Waals surface area (Å²) in [4.78, 5) is 20.8. The van der Waals surface area contributed by atoms with Crippen LogP contribution in [0.3, 0.4) is 0 Å². The molecule has 0 aliphatic rings. The predicted molar refractivity (Wildman–Crippen MR) is 117 cm³/mol. The first-order chi connectivity index (χ1) is 14.8. The molecule has 0 aliphatic heterocycles. The van der Waals surface area contributed by atoms with Gasteiger partial charge in [-0.15, -0.1) is 0 Å². The molecule has 0 spiro atoms. The van der Waals surface area contributed by atoms with Crippen LogP contribution in [-0.2, 0) is 4.79 Å². The van der Waals surface area contributed by atoms with Crippen molar-refractivity contribution < 1.29 is 9.53 Å². The van der Waals surface area contributed by atoms with E-state index in [1.807, 2.05) is 36.4 Å². The lowest BCUT2D eigenvalue weighted by molar-refractivity contribution is -0.116. The van der Waals surface area contributed by atoms with Gasteiger partial charge in [-0.1, -0.05) is 60.7 Å². The fourth-order valence-corrected chi connectivity index (χ4v) is 3.25. The Morgan fingerprint density at radius 1 is 0.767 bits per heavy atom. The molecule has 5 nitrogen and oxygen atoms in total. The maximum absolute atomic E-state index is 12.8. The average Bonchev–Trinajstić information content (AvgIpc) is 2.81. The summed E-state index contributed by atoms with van der Waals surface area (Å²) in [7, 11) is 0. The average molecular weight is 395 g/mol. The van der Waals surface area contributed by atoms with E-state index in [2.05, 4.69) is 39.6 Å². The lowest BCUT2D eigenvalue weighted by Crippen LogP contribution is -2.16. The van der Waals surface area contributed by atoms with Crippen molar-refractivity contribution in [3.8, 4) is 11.8 Å². The molecular weight excluding hydrogens is 374 g/mol. The summed E-state index contributed by atoms with van der Waals surface area (Å²) in [6.07, 6.45) is 3.59. The van der Waals surface area contributed by atoms with Gasteiger partial charge in [0.15, 0.2) is 0 Å². The number of aromatic nitrogens is 2. The third-order valence-electron chi connectivity index (χ3n) is 4.68. The zero-order valence-electron chi connectivity index (χ0n) is 16.3. The third kappa shape index (κ3) is 5.08. The maximum Gasteiger partial charge on any atom is 0.321 e. The quantitative estimate of drug-likeness (QED) is 0.453. The van der Waals surface area contributed by atoms with Gasteiger partial charge in [-0.05, 0) is 41.5 Å². The Labute approximate surface area is 175 Å². The number of rotatable bonds is 7. The first-order valence-corrected chi connectivity index (χ1v) is 9.72. The van der Waals surface area contributed by atoms with Crippen molar-refractivity contribution in [1.29, 1.82) is 0 Å². The molecule has 30 heavy (non-hydrogen) atoms. The van der Waals surface area contributed by atoms with Crippen molar-refractivity contribution in [3.05, 3.63) is 115 Å². The molecule has 1 amide bonds. The number of hydrogen-bond acceptors (Lipinski definition) is 4. The number of carbonyl (C=O) groups is 1. The third-order valence-corrected chi connectivity index (χ3v) is 4.68. The maximum atomic E-state index is 12.8. The van der Waals surface area contributed by atoms with E-state index in [-0.39, 0.29) is 17.8 Å². The number of nitrogens with one attached hydrogen (secondary N) is 1. The number of amides is 1. The summed E-state index contributed by atoms with van der Waals surface area (Å²) in [5.74, 6) is 0.545. The van der Waals surface area contributed by atoms with Crippen molar-refractivity contribution in [3.63, 3.8) is 0 Å². The fraction of sp³-hybridized carbons (Fsp3) is 0.0800. The number of nitrogens with zero attached hydrogens (tertiary/aromatic N) is 2. The van der Waals surface area contributed by atoms with Gasteiger partial charge < -0.3 is 10.1 Å². The van der Waals surface area contributed by atoms with Gasteiger partial charge in [-0.2, -0.15) is 0 Å². The Hall–Kier alpha value is -3.99. The number of anilines is 1. The topological polar surface area (TPSA) is 64.1 Å². The van der Waals surface area contributed by atoms with Gasteiger partial charge in [0.2, 0.25) is 5.91 Å². The number of ether oxygens (including phenoxy) is 1. The van der Waals surface area contributed by atoms with Crippen LogP contribution in [0.2, 0.25) is 0 Å². The standard InChI is InChI=1S/C25H21N3O2/c29-24(18-23(19-8-3-1-4-9-19)20-10-5-2-6-11-20)28-21-12-14-22(15-13-21)30-25-26-16-7-17-27-25/h1-17,23H,18H2,(H,28,29). The molecule has 148 valence electrons. The van der Waals surface area contributed by atoms with Crippen molar-refractivity contribution in [2.75, 3.05) is 5.32 Å². The number of carbonyl (C=O) groups excluding carboxylic acids is 1. The van der Waals surface area contributed by atoms with E-state index in [0.29, 0.717) is 17.9 Å². The van der Waals surface area contributed by atoms with Crippen LogP contribution < -0.4 is 10.1 Å². The largest absolute Gasteiger partial charge is 0.424 e. The lowest BCUT2D eigenvalue weighted by Gasteiger charge is -2.18. The highest BCUT2D eigenvalue weighted by atomic mass is 16.5. The van der Waals surface area contributed by atoms with Gasteiger partial charge in [-0.25, -0.2) is 9.97 Å². The zero-order chi connectivity index (χ0) is 20.6. The highest BCUT2D eigenvalue weighted by Crippen LogP contribution is 2.28. The summed E-state index contributed by atoms with van der Waals surface area (Å²) in [5.41, 5.74) is 2.94. The molecule has 3 aromatic carbocycles. The van der Waals surface area contributed by atoms with Gasteiger partial charge in [0.25, 0.3) is 0 Å². The minimum absolute atomic E-state index is 0.00904. The highest BCUT2D eigenvalue weighted by molar-refractivity contribution is 5.91. The second kappa shape index (κ2) is 9.47. The molecule has 1 N–H and O–H groups in total. The molecule has 0 atom stereocenters.